The van der Waals surface area contributed by atoms with Crippen molar-refractivity contribution in [1.82, 2.24) is 10.3 Å². The summed E-state index contributed by atoms with van der Waals surface area (Å²) in [4.78, 5) is 15.6. The van der Waals surface area contributed by atoms with Crippen LogP contribution in [0, 0.1) is 6.92 Å². The summed E-state index contributed by atoms with van der Waals surface area (Å²) in [6.45, 7) is 1.61. The Morgan fingerprint density at radius 3 is 2.50 bits per heavy atom. The average molecular weight is 259 g/mol. The van der Waals surface area contributed by atoms with Gasteiger partial charge in [0.2, 0.25) is 0 Å². The highest BCUT2D eigenvalue weighted by Gasteiger charge is 2.64. The molecule has 0 bridgehead atoms. The second-order valence-electron chi connectivity index (χ2n) is 4.46. The van der Waals surface area contributed by atoms with Crippen molar-refractivity contribution >= 4 is 11.7 Å². The van der Waals surface area contributed by atoms with Gasteiger partial charge in [-0.3, -0.25) is 4.79 Å². The maximum Gasteiger partial charge on any atom is 0.411 e. The monoisotopic (exact) mass is 259 g/mol. The Morgan fingerprint density at radius 2 is 2.06 bits per heavy atom. The normalized spacial score (nSPS) is 17.3. The third-order valence-electron chi connectivity index (χ3n) is 2.88. The average Bonchev–Trinajstić information content (AvgIpc) is 2.96. The van der Waals surface area contributed by atoms with E-state index in [9.17, 15) is 18.0 Å². The maximum absolute atomic E-state index is 12.7. The SMILES string of the molecule is Cc1cc(C(=O)NC2(C(F)(F)F)CC2)cc(N)n1. The maximum atomic E-state index is 12.7. The van der Waals surface area contributed by atoms with Crippen molar-refractivity contribution in [2.75, 3.05) is 5.73 Å². The molecule has 4 nitrogen and oxygen atoms in total. The van der Waals surface area contributed by atoms with E-state index >= 15 is 0 Å². The van der Waals surface area contributed by atoms with Crippen LogP contribution in [-0.2, 0) is 0 Å². The predicted octanol–water partition coefficient (Wildman–Crippen LogP) is 1.80. The smallest absolute Gasteiger partial charge is 0.384 e. The topological polar surface area (TPSA) is 68.0 Å². The fourth-order valence-corrected chi connectivity index (χ4v) is 1.72. The van der Waals surface area contributed by atoms with Crippen LogP contribution in [0.5, 0.6) is 0 Å². The molecule has 0 spiro atoms. The summed E-state index contributed by atoms with van der Waals surface area (Å²) in [6, 6.07) is 2.66. The zero-order chi connectivity index (χ0) is 13.6. The molecular formula is C11H12F3N3O. The molecule has 0 saturated heterocycles. The fourth-order valence-electron chi connectivity index (χ4n) is 1.72. The van der Waals surface area contributed by atoms with Gasteiger partial charge >= 0.3 is 6.18 Å². The molecule has 2 rings (SSSR count). The molecule has 1 aliphatic rings. The number of amides is 1. The van der Waals surface area contributed by atoms with Gasteiger partial charge in [-0.2, -0.15) is 13.2 Å². The molecule has 1 amide bonds. The van der Waals surface area contributed by atoms with E-state index < -0.39 is 17.6 Å². The van der Waals surface area contributed by atoms with Gasteiger partial charge in [-0.25, -0.2) is 4.98 Å². The number of aromatic nitrogens is 1. The molecule has 0 unspecified atom stereocenters. The first-order valence-electron chi connectivity index (χ1n) is 5.37. The number of hydrogen-bond donors (Lipinski definition) is 2. The van der Waals surface area contributed by atoms with Gasteiger partial charge in [0.25, 0.3) is 5.91 Å². The number of anilines is 1. The predicted molar refractivity (Wildman–Crippen MR) is 58.9 cm³/mol. The second-order valence-corrected chi connectivity index (χ2v) is 4.46. The van der Waals surface area contributed by atoms with Crippen molar-refractivity contribution in [3.05, 3.63) is 23.4 Å². The van der Waals surface area contributed by atoms with Gasteiger partial charge in [0.05, 0.1) is 0 Å². The Morgan fingerprint density at radius 1 is 1.44 bits per heavy atom. The number of nitrogens with two attached hydrogens (primary N) is 1. The summed E-state index contributed by atoms with van der Waals surface area (Å²) < 4.78 is 38.0. The minimum atomic E-state index is -4.42. The van der Waals surface area contributed by atoms with Crippen molar-refractivity contribution in [1.29, 1.82) is 0 Å². The number of rotatable bonds is 2. The van der Waals surface area contributed by atoms with Crippen LogP contribution in [0.25, 0.3) is 0 Å². The van der Waals surface area contributed by atoms with Crippen LogP contribution < -0.4 is 11.1 Å². The van der Waals surface area contributed by atoms with E-state index in [0.717, 1.165) is 0 Å². The van der Waals surface area contributed by atoms with Crippen molar-refractivity contribution in [3.63, 3.8) is 0 Å². The minimum Gasteiger partial charge on any atom is -0.384 e. The number of nitrogens with zero attached hydrogens (tertiary/aromatic N) is 1. The molecule has 0 aromatic carbocycles. The Bertz CT molecular complexity index is 475. The van der Waals surface area contributed by atoms with Gasteiger partial charge in [-0.15, -0.1) is 0 Å². The van der Waals surface area contributed by atoms with E-state index in [-0.39, 0.29) is 24.2 Å². The Labute approximate surface area is 101 Å². The first-order chi connectivity index (χ1) is 8.23. The fraction of sp³-hybridized carbons (Fsp3) is 0.455. The van der Waals surface area contributed by atoms with Crippen LogP contribution in [0.3, 0.4) is 0 Å². The molecule has 0 radical (unpaired) electrons. The van der Waals surface area contributed by atoms with E-state index in [2.05, 4.69) is 4.98 Å². The molecule has 1 saturated carbocycles. The van der Waals surface area contributed by atoms with Crippen molar-refractivity contribution in [2.24, 2.45) is 0 Å². The Balaban J connectivity index is 2.18. The van der Waals surface area contributed by atoms with Crippen LogP contribution in [-0.4, -0.2) is 22.6 Å². The Hall–Kier alpha value is -1.79. The summed E-state index contributed by atoms with van der Waals surface area (Å²) in [5, 5.41) is 2.03. The molecule has 1 aliphatic carbocycles. The molecule has 18 heavy (non-hydrogen) atoms. The number of nitrogen functional groups attached to an aromatic ring is 1. The van der Waals surface area contributed by atoms with Crippen molar-refractivity contribution < 1.29 is 18.0 Å². The van der Waals surface area contributed by atoms with Gasteiger partial charge in [-0.1, -0.05) is 0 Å². The van der Waals surface area contributed by atoms with Gasteiger partial charge in [0.15, 0.2) is 0 Å². The minimum absolute atomic E-state index is 0.0816. The second kappa shape index (κ2) is 3.86. The third-order valence-corrected chi connectivity index (χ3v) is 2.88. The van der Waals surface area contributed by atoms with E-state index in [0.29, 0.717) is 5.69 Å². The van der Waals surface area contributed by atoms with E-state index in [4.69, 9.17) is 5.73 Å². The molecule has 3 N–H and O–H groups in total. The van der Waals surface area contributed by atoms with E-state index in [1.165, 1.54) is 12.1 Å². The molecular weight excluding hydrogens is 247 g/mol. The molecule has 98 valence electrons. The number of carbonyl (C=O) groups is 1. The van der Waals surface area contributed by atoms with E-state index in [1.54, 1.807) is 6.92 Å². The lowest BCUT2D eigenvalue weighted by Gasteiger charge is -2.20. The summed E-state index contributed by atoms with van der Waals surface area (Å²) >= 11 is 0. The van der Waals surface area contributed by atoms with Crippen LogP contribution >= 0.6 is 0 Å². The lowest BCUT2D eigenvalue weighted by molar-refractivity contribution is -0.163. The molecule has 0 atom stereocenters. The number of carbonyl (C=O) groups excluding carboxylic acids is 1. The molecule has 1 aromatic rings. The van der Waals surface area contributed by atoms with E-state index in [1.807, 2.05) is 5.32 Å². The van der Waals surface area contributed by atoms with Gasteiger partial charge in [0.1, 0.15) is 11.4 Å². The van der Waals surface area contributed by atoms with Gasteiger partial charge in [-0.05, 0) is 31.9 Å². The summed E-state index contributed by atoms with van der Waals surface area (Å²) in [6.07, 6.45) is -4.58. The zero-order valence-electron chi connectivity index (χ0n) is 9.64. The van der Waals surface area contributed by atoms with Crippen LogP contribution in [0.15, 0.2) is 12.1 Å². The molecule has 1 fully saturated rings. The highest BCUT2D eigenvalue weighted by molar-refractivity contribution is 5.95. The molecule has 1 aromatic heterocycles. The lowest BCUT2D eigenvalue weighted by Crippen LogP contribution is -2.47. The van der Waals surface area contributed by atoms with Crippen LogP contribution in [0.2, 0.25) is 0 Å². The largest absolute Gasteiger partial charge is 0.411 e. The zero-order valence-corrected chi connectivity index (χ0v) is 9.64. The van der Waals surface area contributed by atoms with Crippen molar-refractivity contribution in [2.45, 2.75) is 31.5 Å². The number of nitrogens with one attached hydrogen (secondary N) is 1. The van der Waals surface area contributed by atoms with Gasteiger partial charge < -0.3 is 11.1 Å². The number of pyridine rings is 1. The van der Waals surface area contributed by atoms with Gasteiger partial charge in [0, 0.05) is 11.3 Å². The lowest BCUT2D eigenvalue weighted by atomic mass is 10.1. The number of aryl methyl sites for hydroxylation is 1. The molecule has 0 aliphatic heterocycles. The molecule has 7 heteroatoms. The van der Waals surface area contributed by atoms with Crippen LogP contribution in [0.4, 0.5) is 19.0 Å². The number of halogens is 3. The highest BCUT2D eigenvalue weighted by Crippen LogP contribution is 2.49. The molecule has 1 heterocycles. The quantitative estimate of drug-likeness (QED) is 0.850. The number of hydrogen-bond acceptors (Lipinski definition) is 3. The summed E-state index contributed by atoms with van der Waals surface area (Å²) in [5.74, 6) is -0.668. The first-order valence-corrected chi connectivity index (χ1v) is 5.37. The van der Waals surface area contributed by atoms with Crippen molar-refractivity contribution in [3.8, 4) is 0 Å². The summed E-state index contributed by atoms with van der Waals surface area (Å²) in [7, 11) is 0. The standard InChI is InChI=1S/C11H12F3N3O/c1-6-4-7(5-8(15)16-6)9(18)17-10(2-3-10)11(12,13)14/h4-5H,2-3H2,1H3,(H2,15,16)(H,17,18). The Kier molecular flexibility index (Phi) is 2.71. The third kappa shape index (κ3) is 2.25. The number of alkyl halides is 3. The summed E-state index contributed by atoms with van der Waals surface area (Å²) in [5.41, 5.74) is 3.97. The van der Waals surface area contributed by atoms with Crippen LogP contribution in [0.1, 0.15) is 28.9 Å². The first kappa shape index (κ1) is 12.7. The highest BCUT2D eigenvalue weighted by atomic mass is 19.4.